The lowest BCUT2D eigenvalue weighted by molar-refractivity contribution is 1.07. The molecule has 0 amide bonds. The van der Waals surface area contributed by atoms with Crippen molar-refractivity contribution in [1.29, 1.82) is 5.26 Å². The average molecular weight is 666 g/mol. The molecule has 0 aliphatic heterocycles. The van der Waals surface area contributed by atoms with Crippen molar-refractivity contribution in [1.82, 2.24) is 19.5 Å². The van der Waals surface area contributed by atoms with Crippen molar-refractivity contribution in [2.75, 3.05) is 0 Å². The number of aromatic nitrogens is 4. The Morgan fingerprint density at radius 2 is 1.04 bits per heavy atom. The van der Waals surface area contributed by atoms with E-state index in [9.17, 15) is 5.26 Å². The van der Waals surface area contributed by atoms with Crippen LogP contribution in [-0.4, -0.2) is 19.5 Å². The molecule has 7 aromatic carbocycles. The normalized spacial score (nSPS) is 11.2. The highest BCUT2D eigenvalue weighted by molar-refractivity contribution is 6.10. The molecule has 0 spiro atoms. The van der Waals surface area contributed by atoms with Crippen LogP contribution in [0, 0.1) is 18.3 Å². The predicted octanol–water partition coefficient (Wildman–Crippen LogP) is 11.5. The molecule has 0 bridgehead atoms. The van der Waals surface area contributed by atoms with Crippen LogP contribution in [0.5, 0.6) is 0 Å². The molecule has 0 unspecified atom stereocenters. The lowest BCUT2D eigenvalue weighted by Crippen LogP contribution is -2.02. The summed E-state index contributed by atoms with van der Waals surface area (Å²) in [5, 5.41) is 12.7. The van der Waals surface area contributed by atoms with Gasteiger partial charge in [0.1, 0.15) is 0 Å². The van der Waals surface area contributed by atoms with Crippen LogP contribution < -0.4 is 0 Å². The Morgan fingerprint density at radius 3 is 1.75 bits per heavy atom. The molecule has 2 heterocycles. The standard InChI is InChI=1S/C47H31N5/c1-31-14-8-10-20-37(31)34-24-26-40-39-22-12-13-23-43(39)52(44(40)28-34)36-25-27-41(42(29-36)38-21-11-9-19-35(38)30-48)47-50-45(32-15-4-2-5-16-32)49-46(51-47)33-17-6-3-7-18-33/h2-29H,1H3. The molecular weight excluding hydrogens is 635 g/mol. The molecule has 2 aromatic heterocycles. The van der Waals surface area contributed by atoms with Crippen LogP contribution in [0.2, 0.25) is 0 Å². The number of benzene rings is 7. The maximum absolute atomic E-state index is 10.3. The number of nitrogens with zero attached hydrogens (tertiary/aromatic N) is 5. The Balaban J connectivity index is 1.32. The first-order valence-corrected chi connectivity index (χ1v) is 17.3. The van der Waals surface area contributed by atoms with Gasteiger partial charge in [0, 0.05) is 38.7 Å². The van der Waals surface area contributed by atoms with Crippen LogP contribution in [0.15, 0.2) is 170 Å². The van der Waals surface area contributed by atoms with Crippen LogP contribution in [0.3, 0.4) is 0 Å². The molecule has 0 saturated heterocycles. The van der Waals surface area contributed by atoms with Crippen LogP contribution in [-0.2, 0) is 0 Å². The van der Waals surface area contributed by atoms with Crippen LogP contribution in [0.4, 0.5) is 0 Å². The fraction of sp³-hybridized carbons (Fsp3) is 0.0213. The molecule has 9 aromatic rings. The number of para-hydroxylation sites is 1. The van der Waals surface area contributed by atoms with Crippen LogP contribution in [0.1, 0.15) is 11.1 Å². The van der Waals surface area contributed by atoms with E-state index in [1.807, 2.05) is 84.9 Å². The zero-order valence-electron chi connectivity index (χ0n) is 28.4. The van der Waals surface area contributed by atoms with Gasteiger partial charge in [0.2, 0.25) is 0 Å². The lowest BCUT2D eigenvalue weighted by Gasteiger charge is -2.16. The second-order valence-corrected chi connectivity index (χ2v) is 12.8. The van der Waals surface area contributed by atoms with Gasteiger partial charge in [0.25, 0.3) is 0 Å². The largest absolute Gasteiger partial charge is 0.309 e. The summed E-state index contributed by atoms with van der Waals surface area (Å²) in [7, 11) is 0. The lowest BCUT2D eigenvalue weighted by atomic mass is 9.94. The van der Waals surface area contributed by atoms with Gasteiger partial charge in [-0.15, -0.1) is 0 Å². The fourth-order valence-electron chi connectivity index (χ4n) is 7.15. The van der Waals surface area contributed by atoms with E-state index in [4.69, 9.17) is 15.0 Å². The van der Waals surface area contributed by atoms with Gasteiger partial charge in [-0.1, -0.05) is 133 Å². The SMILES string of the molecule is Cc1ccccc1-c1ccc2c3ccccc3n(-c3ccc(-c4nc(-c5ccccc5)nc(-c5ccccc5)n4)c(-c4ccccc4C#N)c3)c2c1. The van der Waals surface area contributed by atoms with E-state index in [-0.39, 0.29) is 0 Å². The molecule has 9 rings (SSSR count). The summed E-state index contributed by atoms with van der Waals surface area (Å²) in [5.41, 5.74) is 11.6. The van der Waals surface area contributed by atoms with Gasteiger partial charge in [-0.3, -0.25) is 0 Å². The van der Waals surface area contributed by atoms with Gasteiger partial charge in [-0.25, -0.2) is 15.0 Å². The van der Waals surface area contributed by atoms with Crippen molar-refractivity contribution in [3.05, 3.63) is 181 Å². The molecular formula is C47H31N5. The Hall–Kier alpha value is -7.16. The summed E-state index contributed by atoms with van der Waals surface area (Å²) in [6.45, 7) is 2.15. The fourth-order valence-corrected chi connectivity index (χ4v) is 7.15. The monoisotopic (exact) mass is 665 g/mol. The summed E-state index contributed by atoms with van der Waals surface area (Å²) in [4.78, 5) is 15.1. The van der Waals surface area contributed by atoms with Crippen molar-refractivity contribution < 1.29 is 0 Å². The van der Waals surface area contributed by atoms with Crippen molar-refractivity contribution in [2.45, 2.75) is 6.92 Å². The average Bonchev–Trinajstić information content (AvgIpc) is 3.55. The van der Waals surface area contributed by atoms with E-state index in [1.54, 1.807) is 0 Å². The van der Waals surface area contributed by atoms with Gasteiger partial charge in [-0.2, -0.15) is 5.26 Å². The highest BCUT2D eigenvalue weighted by Crippen LogP contribution is 2.40. The molecule has 5 heteroatoms. The second kappa shape index (κ2) is 12.9. The Kier molecular flexibility index (Phi) is 7.68. The topological polar surface area (TPSA) is 67.4 Å². The number of hydrogen-bond donors (Lipinski definition) is 0. The molecule has 0 atom stereocenters. The van der Waals surface area contributed by atoms with Gasteiger partial charge in [-0.05, 0) is 65.6 Å². The third-order valence-electron chi connectivity index (χ3n) is 9.67. The first-order chi connectivity index (χ1) is 25.7. The van der Waals surface area contributed by atoms with Crippen molar-refractivity contribution >= 4 is 21.8 Å². The minimum absolute atomic E-state index is 0.533. The minimum Gasteiger partial charge on any atom is -0.309 e. The molecule has 0 fully saturated rings. The van der Waals surface area contributed by atoms with E-state index in [0.29, 0.717) is 23.0 Å². The summed E-state index contributed by atoms with van der Waals surface area (Å²) in [5.74, 6) is 1.70. The highest BCUT2D eigenvalue weighted by atomic mass is 15.0. The maximum Gasteiger partial charge on any atom is 0.164 e. The highest BCUT2D eigenvalue weighted by Gasteiger charge is 2.20. The van der Waals surface area contributed by atoms with Crippen molar-refractivity contribution in [3.8, 4) is 68.2 Å². The Morgan fingerprint density at radius 1 is 0.442 bits per heavy atom. The number of rotatable bonds is 6. The van der Waals surface area contributed by atoms with Gasteiger partial charge in [0.05, 0.1) is 22.7 Å². The Labute approximate surface area is 301 Å². The van der Waals surface area contributed by atoms with Gasteiger partial charge < -0.3 is 4.57 Å². The summed E-state index contributed by atoms with van der Waals surface area (Å²) in [6.07, 6.45) is 0. The van der Waals surface area contributed by atoms with Gasteiger partial charge in [0.15, 0.2) is 17.5 Å². The van der Waals surface area contributed by atoms with Crippen molar-refractivity contribution in [2.24, 2.45) is 0 Å². The Bertz CT molecular complexity index is 2750. The number of nitriles is 1. The van der Waals surface area contributed by atoms with Gasteiger partial charge >= 0.3 is 0 Å². The molecule has 52 heavy (non-hydrogen) atoms. The molecule has 0 aliphatic carbocycles. The maximum atomic E-state index is 10.3. The summed E-state index contributed by atoms with van der Waals surface area (Å²) >= 11 is 0. The minimum atomic E-state index is 0.533. The van der Waals surface area contributed by atoms with E-state index in [2.05, 4.69) is 102 Å². The number of fused-ring (bicyclic) bond motifs is 3. The number of aryl methyl sites for hydroxylation is 1. The second-order valence-electron chi connectivity index (χ2n) is 12.8. The molecule has 0 radical (unpaired) electrons. The van der Waals surface area contributed by atoms with Crippen LogP contribution in [0.25, 0.3) is 83.9 Å². The van der Waals surface area contributed by atoms with E-state index in [0.717, 1.165) is 50.1 Å². The quantitative estimate of drug-likeness (QED) is 0.177. The van der Waals surface area contributed by atoms with E-state index >= 15 is 0 Å². The third-order valence-corrected chi connectivity index (χ3v) is 9.67. The number of hydrogen-bond acceptors (Lipinski definition) is 4. The van der Waals surface area contributed by atoms with E-state index in [1.165, 1.54) is 21.9 Å². The smallest absolute Gasteiger partial charge is 0.164 e. The first kappa shape index (κ1) is 30.9. The molecule has 0 aliphatic rings. The summed E-state index contributed by atoms with van der Waals surface area (Å²) in [6, 6.07) is 60.3. The van der Waals surface area contributed by atoms with Crippen LogP contribution >= 0.6 is 0 Å². The molecule has 0 saturated carbocycles. The van der Waals surface area contributed by atoms with E-state index < -0.39 is 0 Å². The van der Waals surface area contributed by atoms with Crippen molar-refractivity contribution in [3.63, 3.8) is 0 Å². The zero-order valence-corrected chi connectivity index (χ0v) is 28.4. The molecule has 0 N–H and O–H groups in total. The third kappa shape index (κ3) is 5.40. The molecule has 244 valence electrons. The summed E-state index contributed by atoms with van der Waals surface area (Å²) < 4.78 is 2.33. The predicted molar refractivity (Wildman–Crippen MR) is 211 cm³/mol. The zero-order chi connectivity index (χ0) is 35.0. The molecule has 5 nitrogen and oxygen atoms in total. The first-order valence-electron chi connectivity index (χ1n) is 17.3.